The Bertz CT molecular complexity index is 1270. The summed E-state index contributed by atoms with van der Waals surface area (Å²) < 4.78 is 15.7. The number of aromatic nitrogens is 4. The summed E-state index contributed by atoms with van der Waals surface area (Å²) in [7, 11) is 5.46. The van der Waals surface area contributed by atoms with E-state index in [1.165, 1.54) is 16.5 Å². The molecule has 2 aromatic carbocycles. The molecule has 0 fully saturated rings. The normalized spacial score (nSPS) is 12.9. The molecule has 0 spiro atoms. The third-order valence-electron chi connectivity index (χ3n) is 6.14. The fourth-order valence-corrected chi connectivity index (χ4v) is 4.57. The lowest BCUT2D eigenvalue weighted by atomic mass is 9.97. The molecule has 0 radical (unpaired) electrons. The van der Waals surface area contributed by atoms with Crippen molar-refractivity contribution in [3.05, 3.63) is 53.5 Å². The second kappa shape index (κ2) is 6.90. The van der Waals surface area contributed by atoms with Gasteiger partial charge in [-0.25, -0.2) is 0 Å². The molecule has 0 N–H and O–H groups in total. The van der Waals surface area contributed by atoms with Crippen LogP contribution in [-0.4, -0.2) is 33.6 Å². The summed E-state index contributed by atoms with van der Waals surface area (Å²) in [6, 6.07) is 10.7. The summed E-state index contributed by atoms with van der Waals surface area (Å²) in [5, 5.41) is 10.4. The molecule has 30 heavy (non-hydrogen) atoms. The highest BCUT2D eigenvalue weighted by atomic mass is 16.5. The number of nitrogens with zero attached hydrogens (tertiary/aromatic N) is 4. The van der Waals surface area contributed by atoms with Gasteiger partial charge in [0.25, 0.3) is 0 Å². The van der Waals surface area contributed by atoms with Crippen LogP contribution < -0.4 is 9.47 Å². The van der Waals surface area contributed by atoms with Gasteiger partial charge in [-0.2, -0.15) is 0 Å². The van der Waals surface area contributed by atoms with Crippen molar-refractivity contribution < 1.29 is 9.47 Å². The summed E-state index contributed by atoms with van der Waals surface area (Å²) in [5.74, 6) is 3.67. The van der Waals surface area contributed by atoms with E-state index >= 15 is 0 Å². The topological polar surface area (TPSA) is 54.1 Å². The number of benzene rings is 2. The summed E-state index contributed by atoms with van der Waals surface area (Å²) in [6.07, 6.45) is 3.95. The monoisotopic (exact) mass is 402 g/mol. The van der Waals surface area contributed by atoms with Crippen molar-refractivity contribution in [2.75, 3.05) is 14.2 Å². The Morgan fingerprint density at radius 2 is 1.77 bits per heavy atom. The molecular weight excluding hydrogens is 376 g/mol. The standard InChI is InChI=1S/C24H26N4O2/c1-14(2)17-12-18(22(30-5)13-21(17)29-4)24-26-25-23-9-6-15-16-10-11-27(3)19(16)7-8-20(15)28(23)24/h7-8,10-14H,6,9H2,1-5H3. The van der Waals surface area contributed by atoms with E-state index in [4.69, 9.17) is 9.47 Å². The summed E-state index contributed by atoms with van der Waals surface area (Å²) in [5.41, 5.74) is 5.80. The minimum atomic E-state index is 0.310. The molecule has 1 aliphatic heterocycles. The average Bonchev–Trinajstić information content (AvgIpc) is 3.36. The van der Waals surface area contributed by atoms with E-state index in [0.717, 1.165) is 52.8 Å². The third-order valence-corrected chi connectivity index (χ3v) is 6.14. The minimum absolute atomic E-state index is 0.310. The number of hydrogen-bond donors (Lipinski definition) is 0. The van der Waals surface area contributed by atoms with Crippen molar-refractivity contribution in [2.45, 2.75) is 32.6 Å². The van der Waals surface area contributed by atoms with Crippen LogP contribution in [0.25, 0.3) is 28.0 Å². The van der Waals surface area contributed by atoms with Crippen LogP contribution in [0.2, 0.25) is 0 Å². The molecular formula is C24H26N4O2. The van der Waals surface area contributed by atoms with Gasteiger partial charge in [0.05, 0.1) is 25.5 Å². The Kier molecular flexibility index (Phi) is 4.31. The molecule has 154 valence electrons. The molecule has 0 unspecified atom stereocenters. The number of fused-ring (bicyclic) bond motifs is 5. The summed E-state index contributed by atoms with van der Waals surface area (Å²) >= 11 is 0. The van der Waals surface area contributed by atoms with Gasteiger partial charge >= 0.3 is 0 Å². The van der Waals surface area contributed by atoms with Crippen LogP contribution in [0.5, 0.6) is 11.5 Å². The molecule has 1 aliphatic rings. The first-order chi connectivity index (χ1) is 14.5. The quantitative estimate of drug-likeness (QED) is 0.498. The van der Waals surface area contributed by atoms with Crippen molar-refractivity contribution in [3.63, 3.8) is 0 Å². The van der Waals surface area contributed by atoms with E-state index in [9.17, 15) is 0 Å². The van der Waals surface area contributed by atoms with Gasteiger partial charge in [-0.1, -0.05) is 13.8 Å². The van der Waals surface area contributed by atoms with E-state index in [2.05, 4.69) is 70.7 Å². The first-order valence-electron chi connectivity index (χ1n) is 10.3. The van der Waals surface area contributed by atoms with Crippen molar-refractivity contribution in [1.29, 1.82) is 0 Å². The Labute approximate surface area is 176 Å². The molecule has 3 heterocycles. The maximum Gasteiger partial charge on any atom is 0.172 e. The Morgan fingerprint density at radius 3 is 2.50 bits per heavy atom. The van der Waals surface area contributed by atoms with Crippen LogP contribution in [0, 0.1) is 0 Å². The van der Waals surface area contributed by atoms with Crippen LogP contribution >= 0.6 is 0 Å². The van der Waals surface area contributed by atoms with E-state index in [0.29, 0.717) is 5.92 Å². The zero-order valence-electron chi connectivity index (χ0n) is 18.1. The molecule has 0 bridgehead atoms. The lowest BCUT2D eigenvalue weighted by molar-refractivity contribution is 0.390. The SMILES string of the molecule is COc1cc(OC)c(C(C)C)cc1-c1nnc2n1-c1ccc3c(ccn3C)c1CC2. The van der Waals surface area contributed by atoms with Gasteiger partial charge in [0.2, 0.25) is 0 Å². The van der Waals surface area contributed by atoms with Crippen LogP contribution in [0.4, 0.5) is 0 Å². The highest BCUT2D eigenvalue weighted by Crippen LogP contribution is 2.41. The van der Waals surface area contributed by atoms with Crippen molar-refractivity contribution in [1.82, 2.24) is 19.3 Å². The van der Waals surface area contributed by atoms with Crippen LogP contribution in [0.3, 0.4) is 0 Å². The summed E-state index contributed by atoms with van der Waals surface area (Å²) in [4.78, 5) is 0. The van der Waals surface area contributed by atoms with Gasteiger partial charge in [-0.05, 0) is 47.7 Å². The Hall–Kier alpha value is -3.28. The van der Waals surface area contributed by atoms with Gasteiger partial charge in [0.1, 0.15) is 17.3 Å². The summed E-state index contributed by atoms with van der Waals surface area (Å²) in [6.45, 7) is 4.32. The van der Waals surface area contributed by atoms with Crippen molar-refractivity contribution in [2.24, 2.45) is 7.05 Å². The molecule has 0 atom stereocenters. The molecule has 4 aromatic rings. The maximum absolute atomic E-state index is 5.73. The van der Waals surface area contributed by atoms with Gasteiger partial charge in [-0.15, -0.1) is 10.2 Å². The van der Waals surface area contributed by atoms with Crippen molar-refractivity contribution >= 4 is 10.9 Å². The molecule has 5 rings (SSSR count). The average molecular weight is 402 g/mol. The zero-order chi connectivity index (χ0) is 21.0. The highest BCUT2D eigenvalue weighted by molar-refractivity contribution is 5.88. The van der Waals surface area contributed by atoms with E-state index < -0.39 is 0 Å². The number of ether oxygens (including phenoxy) is 2. The predicted octanol–water partition coefficient (Wildman–Crippen LogP) is 4.67. The van der Waals surface area contributed by atoms with Gasteiger partial charge in [0.15, 0.2) is 5.82 Å². The van der Waals surface area contributed by atoms with E-state index in [-0.39, 0.29) is 0 Å². The van der Waals surface area contributed by atoms with Gasteiger partial charge in [-0.3, -0.25) is 4.57 Å². The van der Waals surface area contributed by atoms with Crippen LogP contribution in [0.1, 0.15) is 36.7 Å². The van der Waals surface area contributed by atoms with E-state index in [1.54, 1.807) is 14.2 Å². The van der Waals surface area contributed by atoms with Gasteiger partial charge in [0, 0.05) is 36.6 Å². The maximum atomic E-state index is 5.73. The zero-order valence-corrected chi connectivity index (χ0v) is 18.1. The lowest BCUT2D eigenvalue weighted by Crippen LogP contribution is -2.14. The first kappa shape index (κ1) is 18.7. The molecule has 6 heteroatoms. The highest BCUT2D eigenvalue weighted by Gasteiger charge is 2.26. The lowest BCUT2D eigenvalue weighted by Gasteiger charge is -2.22. The fourth-order valence-electron chi connectivity index (χ4n) is 4.57. The predicted molar refractivity (Wildman–Crippen MR) is 118 cm³/mol. The van der Waals surface area contributed by atoms with Gasteiger partial charge < -0.3 is 14.0 Å². The fraction of sp³-hybridized carbons (Fsp3) is 0.333. The first-order valence-corrected chi connectivity index (χ1v) is 10.3. The smallest absolute Gasteiger partial charge is 0.172 e. The van der Waals surface area contributed by atoms with Crippen molar-refractivity contribution in [3.8, 4) is 28.6 Å². The Morgan fingerprint density at radius 1 is 0.967 bits per heavy atom. The third kappa shape index (κ3) is 2.63. The van der Waals surface area contributed by atoms with Crippen LogP contribution in [-0.2, 0) is 19.9 Å². The van der Waals surface area contributed by atoms with Crippen LogP contribution in [0.15, 0.2) is 36.5 Å². The number of hydrogen-bond acceptors (Lipinski definition) is 4. The van der Waals surface area contributed by atoms with E-state index in [1.807, 2.05) is 6.07 Å². The second-order valence-corrected chi connectivity index (χ2v) is 8.15. The number of aryl methyl sites for hydroxylation is 3. The second-order valence-electron chi connectivity index (χ2n) is 8.15. The molecule has 0 aliphatic carbocycles. The molecule has 6 nitrogen and oxygen atoms in total. The molecule has 0 amide bonds. The number of rotatable bonds is 4. The molecule has 0 saturated heterocycles. The largest absolute Gasteiger partial charge is 0.496 e. The minimum Gasteiger partial charge on any atom is -0.496 e. The Balaban J connectivity index is 1.76. The molecule has 2 aromatic heterocycles. The number of methoxy groups -OCH3 is 2. The molecule has 0 saturated carbocycles.